The molecule has 2 N–H and O–H groups in total. The topological polar surface area (TPSA) is 54.0 Å². The maximum atomic E-state index is 13.2. The number of rotatable bonds is 6. The van der Waals surface area contributed by atoms with Gasteiger partial charge in [-0.15, -0.1) is 11.3 Å². The van der Waals surface area contributed by atoms with Gasteiger partial charge in [-0.05, 0) is 57.9 Å². The average molecular weight is 438 g/mol. The van der Waals surface area contributed by atoms with Crippen molar-refractivity contribution in [1.29, 1.82) is 0 Å². The van der Waals surface area contributed by atoms with Gasteiger partial charge in [0.15, 0.2) is 11.6 Å². The molecule has 0 saturated carbocycles. The van der Waals surface area contributed by atoms with Crippen LogP contribution in [0.5, 0.6) is 0 Å². The fourth-order valence-corrected chi connectivity index (χ4v) is 3.70. The van der Waals surface area contributed by atoms with Crippen LogP contribution in [0.3, 0.4) is 0 Å². The Balaban J connectivity index is 1.66. The molecule has 0 aliphatic rings. The highest BCUT2D eigenvalue weighted by Crippen LogP contribution is 2.23. The van der Waals surface area contributed by atoms with Gasteiger partial charge in [0.25, 0.3) is 5.91 Å². The molecule has 1 aromatic carbocycles. The number of nitrogens with one attached hydrogen (secondary N) is 2. The van der Waals surface area contributed by atoms with E-state index in [-0.39, 0.29) is 12.5 Å². The van der Waals surface area contributed by atoms with Crippen molar-refractivity contribution in [1.82, 2.24) is 10.3 Å². The Morgan fingerprint density at radius 3 is 2.69 bits per heavy atom. The smallest absolute Gasteiger partial charge is 0.255 e. The summed E-state index contributed by atoms with van der Waals surface area (Å²) in [7, 11) is 0. The van der Waals surface area contributed by atoms with Gasteiger partial charge in [0.1, 0.15) is 5.82 Å². The van der Waals surface area contributed by atoms with Gasteiger partial charge < -0.3 is 10.6 Å². The SMILES string of the molecule is O=C(NCc1ccc(F)c(F)c1)c1cccnc1NCc1ccc(Br)s1. The van der Waals surface area contributed by atoms with Crippen LogP contribution in [0.15, 0.2) is 52.4 Å². The maximum Gasteiger partial charge on any atom is 0.255 e. The van der Waals surface area contributed by atoms with Gasteiger partial charge in [-0.25, -0.2) is 13.8 Å². The second kappa shape index (κ2) is 8.37. The molecule has 0 bridgehead atoms. The molecule has 1 amide bonds. The molecule has 8 heteroatoms. The zero-order chi connectivity index (χ0) is 18.5. The Bertz CT molecular complexity index is 932. The van der Waals surface area contributed by atoms with E-state index in [4.69, 9.17) is 0 Å². The summed E-state index contributed by atoms with van der Waals surface area (Å²) in [5.41, 5.74) is 0.852. The first-order chi connectivity index (χ1) is 12.5. The van der Waals surface area contributed by atoms with Gasteiger partial charge in [-0.1, -0.05) is 6.07 Å². The van der Waals surface area contributed by atoms with Crippen LogP contribution in [0.2, 0.25) is 0 Å². The summed E-state index contributed by atoms with van der Waals surface area (Å²) in [4.78, 5) is 17.7. The van der Waals surface area contributed by atoms with E-state index >= 15 is 0 Å². The molecule has 2 aromatic heterocycles. The number of hydrogen-bond acceptors (Lipinski definition) is 4. The van der Waals surface area contributed by atoms with Crippen LogP contribution in [0.25, 0.3) is 0 Å². The fraction of sp³-hybridized carbons (Fsp3) is 0.111. The van der Waals surface area contributed by atoms with Crippen molar-refractivity contribution in [3.8, 4) is 0 Å². The van der Waals surface area contributed by atoms with Crippen LogP contribution in [-0.4, -0.2) is 10.9 Å². The largest absolute Gasteiger partial charge is 0.365 e. The molecule has 0 aliphatic heterocycles. The van der Waals surface area contributed by atoms with Gasteiger partial charge in [0.05, 0.1) is 15.9 Å². The van der Waals surface area contributed by atoms with Gasteiger partial charge >= 0.3 is 0 Å². The number of thiophene rings is 1. The molecular formula is C18H14BrF2N3OS. The molecule has 0 atom stereocenters. The van der Waals surface area contributed by atoms with Crippen molar-refractivity contribution in [2.75, 3.05) is 5.32 Å². The van der Waals surface area contributed by atoms with Crippen molar-refractivity contribution in [3.05, 3.63) is 80.1 Å². The van der Waals surface area contributed by atoms with Gasteiger partial charge in [-0.3, -0.25) is 4.79 Å². The molecule has 0 unspecified atom stereocenters. The number of amides is 1. The molecule has 2 heterocycles. The molecule has 0 radical (unpaired) electrons. The molecule has 0 fully saturated rings. The summed E-state index contributed by atoms with van der Waals surface area (Å²) in [6.07, 6.45) is 1.60. The van der Waals surface area contributed by atoms with E-state index < -0.39 is 11.6 Å². The highest BCUT2D eigenvalue weighted by Gasteiger charge is 2.13. The Labute approximate surface area is 161 Å². The van der Waals surface area contributed by atoms with Crippen LogP contribution in [-0.2, 0) is 13.1 Å². The van der Waals surface area contributed by atoms with Crippen molar-refractivity contribution in [2.45, 2.75) is 13.1 Å². The summed E-state index contributed by atoms with van der Waals surface area (Å²) in [5.74, 6) is -1.75. The molecule has 4 nitrogen and oxygen atoms in total. The first kappa shape index (κ1) is 18.5. The maximum absolute atomic E-state index is 13.2. The van der Waals surface area contributed by atoms with Crippen LogP contribution >= 0.6 is 27.3 Å². The summed E-state index contributed by atoms with van der Waals surface area (Å²) >= 11 is 5.00. The standard InChI is InChI=1S/C18H14BrF2N3OS/c19-16-6-4-12(26-16)10-23-17-13(2-1-7-22-17)18(25)24-9-11-3-5-14(20)15(21)8-11/h1-8H,9-10H2,(H,22,23)(H,24,25). The van der Waals surface area contributed by atoms with Crippen molar-refractivity contribution >= 4 is 39.0 Å². The quantitative estimate of drug-likeness (QED) is 0.586. The lowest BCUT2D eigenvalue weighted by Crippen LogP contribution is -2.24. The average Bonchev–Trinajstić information content (AvgIpc) is 3.06. The third-order valence-electron chi connectivity index (χ3n) is 3.55. The Hall–Kier alpha value is -2.32. The van der Waals surface area contributed by atoms with E-state index in [1.807, 2.05) is 12.1 Å². The third-order valence-corrected chi connectivity index (χ3v) is 5.17. The Morgan fingerprint density at radius 2 is 1.96 bits per heavy atom. The molecule has 134 valence electrons. The predicted octanol–water partition coefficient (Wildman–Crippen LogP) is 4.73. The Kier molecular flexibility index (Phi) is 5.95. The molecular weight excluding hydrogens is 424 g/mol. The molecule has 3 rings (SSSR count). The normalized spacial score (nSPS) is 10.6. The van der Waals surface area contributed by atoms with Crippen LogP contribution in [0.4, 0.5) is 14.6 Å². The zero-order valence-corrected chi connectivity index (χ0v) is 15.8. The molecule has 0 spiro atoms. The summed E-state index contributed by atoms with van der Waals surface area (Å²) < 4.78 is 27.2. The van der Waals surface area contributed by atoms with E-state index in [1.54, 1.807) is 29.7 Å². The van der Waals surface area contributed by atoms with E-state index in [9.17, 15) is 13.6 Å². The monoisotopic (exact) mass is 437 g/mol. The fourth-order valence-electron chi connectivity index (χ4n) is 2.27. The summed E-state index contributed by atoms with van der Waals surface area (Å²) in [6.45, 7) is 0.624. The second-order valence-corrected chi connectivity index (χ2v) is 7.94. The lowest BCUT2D eigenvalue weighted by atomic mass is 10.2. The summed E-state index contributed by atoms with van der Waals surface area (Å²) in [6, 6.07) is 10.8. The zero-order valence-electron chi connectivity index (χ0n) is 13.4. The predicted molar refractivity (Wildman–Crippen MR) is 101 cm³/mol. The first-order valence-corrected chi connectivity index (χ1v) is 9.29. The number of hydrogen-bond donors (Lipinski definition) is 2. The lowest BCUT2D eigenvalue weighted by molar-refractivity contribution is 0.0951. The van der Waals surface area contributed by atoms with Crippen molar-refractivity contribution in [3.63, 3.8) is 0 Å². The van der Waals surface area contributed by atoms with Gasteiger partial charge in [0, 0.05) is 17.6 Å². The minimum absolute atomic E-state index is 0.0856. The van der Waals surface area contributed by atoms with Gasteiger partial charge in [0.2, 0.25) is 0 Å². The number of anilines is 1. The summed E-state index contributed by atoms with van der Waals surface area (Å²) in [5, 5.41) is 5.84. The van der Waals surface area contributed by atoms with Crippen LogP contribution in [0.1, 0.15) is 20.8 Å². The molecule has 0 aliphatic carbocycles. The number of halogens is 3. The molecule has 3 aromatic rings. The van der Waals surface area contributed by atoms with Crippen molar-refractivity contribution in [2.24, 2.45) is 0 Å². The highest BCUT2D eigenvalue weighted by atomic mass is 79.9. The number of aromatic nitrogens is 1. The third kappa shape index (κ3) is 4.64. The van der Waals surface area contributed by atoms with E-state index in [0.717, 1.165) is 20.8 Å². The number of carbonyl (C=O) groups is 1. The number of nitrogens with zero attached hydrogens (tertiary/aromatic N) is 1. The minimum Gasteiger partial charge on any atom is -0.365 e. The highest BCUT2D eigenvalue weighted by molar-refractivity contribution is 9.11. The number of pyridine rings is 1. The van der Waals surface area contributed by atoms with Crippen LogP contribution in [0, 0.1) is 11.6 Å². The lowest BCUT2D eigenvalue weighted by Gasteiger charge is -2.11. The van der Waals surface area contributed by atoms with Gasteiger partial charge in [-0.2, -0.15) is 0 Å². The molecule has 26 heavy (non-hydrogen) atoms. The van der Waals surface area contributed by atoms with E-state index in [1.165, 1.54) is 6.07 Å². The first-order valence-electron chi connectivity index (χ1n) is 7.68. The van der Waals surface area contributed by atoms with E-state index in [0.29, 0.717) is 23.5 Å². The van der Waals surface area contributed by atoms with E-state index in [2.05, 4.69) is 31.5 Å². The van der Waals surface area contributed by atoms with Crippen LogP contribution < -0.4 is 10.6 Å². The number of carbonyl (C=O) groups excluding carboxylic acids is 1. The Morgan fingerprint density at radius 1 is 1.12 bits per heavy atom. The number of benzene rings is 1. The van der Waals surface area contributed by atoms with Crippen molar-refractivity contribution < 1.29 is 13.6 Å². The molecule has 0 saturated heterocycles. The second-order valence-electron chi connectivity index (χ2n) is 5.39. The minimum atomic E-state index is -0.942.